The van der Waals surface area contributed by atoms with Gasteiger partial charge in [0.1, 0.15) is 6.33 Å². The summed E-state index contributed by atoms with van der Waals surface area (Å²) < 4.78 is 1.66. The molecule has 1 amide bonds. The third-order valence-electron chi connectivity index (χ3n) is 4.22. The zero-order valence-electron chi connectivity index (χ0n) is 14.1. The van der Waals surface area contributed by atoms with Gasteiger partial charge in [0.15, 0.2) is 0 Å². The van der Waals surface area contributed by atoms with Gasteiger partial charge in [-0.15, -0.1) is 10.2 Å². The fourth-order valence-corrected chi connectivity index (χ4v) is 2.49. The van der Waals surface area contributed by atoms with E-state index >= 15 is 0 Å². The van der Waals surface area contributed by atoms with Crippen LogP contribution in [-0.4, -0.2) is 25.7 Å². The SMILES string of the molecule is CC(C)(C(=O)Nc1nncn1-c1cccnc1)C(N)c1ccccc1. The Morgan fingerprint density at radius 3 is 2.64 bits per heavy atom. The van der Waals surface area contributed by atoms with E-state index in [0.29, 0.717) is 5.95 Å². The molecule has 3 N–H and O–H groups in total. The monoisotopic (exact) mass is 336 g/mol. The van der Waals surface area contributed by atoms with Crippen molar-refractivity contribution in [3.63, 3.8) is 0 Å². The summed E-state index contributed by atoms with van der Waals surface area (Å²) in [5, 5.41) is 10.7. The number of hydrogen-bond acceptors (Lipinski definition) is 5. The smallest absolute Gasteiger partial charge is 0.235 e. The van der Waals surface area contributed by atoms with Crippen LogP contribution in [0.15, 0.2) is 61.2 Å². The van der Waals surface area contributed by atoms with Gasteiger partial charge in [-0.1, -0.05) is 30.3 Å². The maximum Gasteiger partial charge on any atom is 0.235 e. The first-order valence-corrected chi connectivity index (χ1v) is 7.92. The van der Waals surface area contributed by atoms with Crippen LogP contribution in [0.5, 0.6) is 0 Å². The van der Waals surface area contributed by atoms with Gasteiger partial charge < -0.3 is 5.73 Å². The molecule has 2 aromatic heterocycles. The molecular formula is C18H20N6O. The number of carbonyl (C=O) groups excluding carboxylic acids is 1. The molecule has 3 rings (SSSR count). The first kappa shape index (κ1) is 16.8. The zero-order chi connectivity index (χ0) is 17.9. The molecule has 0 radical (unpaired) electrons. The van der Waals surface area contributed by atoms with E-state index in [0.717, 1.165) is 11.3 Å². The molecule has 3 aromatic rings. The van der Waals surface area contributed by atoms with E-state index in [1.54, 1.807) is 23.0 Å². The summed E-state index contributed by atoms with van der Waals surface area (Å²) in [6.45, 7) is 3.62. The Kier molecular flexibility index (Phi) is 4.58. The number of nitrogens with two attached hydrogens (primary N) is 1. The van der Waals surface area contributed by atoms with Crippen LogP contribution in [0.4, 0.5) is 5.95 Å². The number of carbonyl (C=O) groups is 1. The molecular weight excluding hydrogens is 316 g/mol. The second kappa shape index (κ2) is 6.82. The molecule has 0 aliphatic carbocycles. The number of hydrogen-bond donors (Lipinski definition) is 2. The van der Waals surface area contributed by atoms with Crippen molar-refractivity contribution in [2.24, 2.45) is 11.1 Å². The van der Waals surface area contributed by atoms with Gasteiger partial charge in [-0.05, 0) is 31.5 Å². The topological polar surface area (TPSA) is 98.7 Å². The van der Waals surface area contributed by atoms with Crippen LogP contribution in [0.25, 0.3) is 5.69 Å². The Bertz CT molecular complexity index is 844. The van der Waals surface area contributed by atoms with Crippen LogP contribution in [0, 0.1) is 5.41 Å². The van der Waals surface area contributed by atoms with E-state index in [-0.39, 0.29) is 5.91 Å². The maximum atomic E-state index is 12.8. The Morgan fingerprint density at radius 2 is 1.96 bits per heavy atom. The molecule has 0 fully saturated rings. The number of rotatable bonds is 5. The lowest BCUT2D eigenvalue weighted by atomic mass is 9.80. The first-order chi connectivity index (χ1) is 12.0. The summed E-state index contributed by atoms with van der Waals surface area (Å²) in [7, 11) is 0. The summed E-state index contributed by atoms with van der Waals surface area (Å²) >= 11 is 0. The number of nitrogens with one attached hydrogen (secondary N) is 1. The first-order valence-electron chi connectivity index (χ1n) is 7.92. The highest BCUT2D eigenvalue weighted by Gasteiger charge is 2.36. The van der Waals surface area contributed by atoms with Crippen molar-refractivity contribution in [3.05, 3.63) is 66.7 Å². The average molecular weight is 336 g/mol. The molecule has 7 nitrogen and oxygen atoms in total. The molecule has 2 heterocycles. The van der Waals surface area contributed by atoms with Gasteiger partial charge >= 0.3 is 0 Å². The van der Waals surface area contributed by atoms with E-state index in [9.17, 15) is 4.79 Å². The van der Waals surface area contributed by atoms with Gasteiger partial charge in [-0.25, -0.2) is 0 Å². The molecule has 0 aliphatic heterocycles. The van der Waals surface area contributed by atoms with E-state index in [2.05, 4.69) is 20.5 Å². The number of anilines is 1. The summed E-state index contributed by atoms with van der Waals surface area (Å²) in [5.41, 5.74) is 7.15. The Balaban J connectivity index is 1.82. The molecule has 0 saturated heterocycles. The highest BCUT2D eigenvalue weighted by Crippen LogP contribution is 2.32. The second-order valence-corrected chi connectivity index (χ2v) is 6.30. The molecule has 0 aliphatic rings. The Hall–Kier alpha value is -3.06. The number of aromatic nitrogens is 4. The van der Waals surface area contributed by atoms with Crippen LogP contribution >= 0.6 is 0 Å². The summed E-state index contributed by atoms with van der Waals surface area (Å²) in [4.78, 5) is 16.9. The predicted molar refractivity (Wildman–Crippen MR) is 94.9 cm³/mol. The van der Waals surface area contributed by atoms with E-state index in [1.165, 1.54) is 6.33 Å². The van der Waals surface area contributed by atoms with Crippen molar-refractivity contribution in [3.8, 4) is 5.69 Å². The lowest BCUT2D eigenvalue weighted by molar-refractivity contribution is -0.125. The van der Waals surface area contributed by atoms with Gasteiger partial charge in [0.25, 0.3) is 0 Å². The second-order valence-electron chi connectivity index (χ2n) is 6.30. The highest BCUT2D eigenvalue weighted by atomic mass is 16.2. The minimum Gasteiger partial charge on any atom is -0.323 e. The molecule has 25 heavy (non-hydrogen) atoms. The summed E-state index contributed by atoms with van der Waals surface area (Å²) in [5.74, 6) is 0.0910. The van der Waals surface area contributed by atoms with E-state index in [1.807, 2.05) is 50.2 Å². The van der Waals surface area contributed by atoms with Crippen molar-refractivity contribution in [2.75, 3.05) is 5.32 Å². The Labute approximate surface area is 145 Å². The third-order valence-corrected chi connectivity index (χ3v) is 4.22. The molecule has 0 spiro atoms. The van der Waals surface area contributed by atoms with Crippen LogP contribution < -0.4 is 11.1 Å². The molecule has 7 heteroatoms. The highest BCUT2D eigenvalue weighted by molar-refractivity contribution is 5.94. The fraction of sp³-hybridized carbons (Fsp3) is 0.222. The maximum absolute atomic E-state index is 12.8. The molecule has 1 atom stereocenters. The van der Waals surface area contributed by atoms with Gasteiger partial charge in [-0.3, -0.25) is 19.7 Å². The standard InChI is InChI=1S/C18H20N6O/c1-18(2,15(19)13-7-4-3-5-8-13)16(25)22-17-23-21-12-24(17)14-9-6-10-20-11-14/h3-12,15H,19H2,1-2H3,(H,22,23,25). The normalized spacial score (nSPS) is 12.6. The lowest BCUT2D eigenvalue weighted by Crippen LogP contribution is -2.40. The van der Waals surface area contributed by atoms with Crippen molar-refractivity contribution in [1.29, 1.82) is 0 Å². The minimum absolute atomic E-state index is 0.234. The van der Waals surface area contributed by atoms with Gasteiger partial charge in [0, 0.05) is 12.2 Å². The van der Waals surface area contributed by atoms with Crippen molar-refractivity contribution in [1.82, 2.24) is 19.7 Å². The summed E-state index contributed by atoms with van der Waals surface area (Å²) in [6.07, 6.45) is 4.87. The largest absolute Gasteiger partial charge is 0.323 e. The number of benzene rings is 1. The van der Waals surface area contributed by atoms with Crippen molar-refractivity contribution >= 4 is 11.9 Å². The quantitative estimate of drug-likeness (QED) is 0.745. The average Bonchev–Trinajstić information content (AvgIpc) is 3.10. The van der Waals surface area contributed by atoms with Gasteiger partial charge in [-0.2, -0.15) is 0 Å². The molecule has 1 unspecified atom stereocenters. The Morgan fingerprint density at radius 1 is 1.20 bits per heavy atom. The zero-order valence-corrected chi connectivity index (χ0v) is 14.1. The third kappa shape index (κ3) is 3.41. The van der Waals surface area contributed by atoms with Crippen LogP contribution in [0.3, 0.4) is 0 Å². The van der Waals surface area contributed by atoms with Gasteiger partial charge in [0.05, 0.1) is 17.3 Å². The van der Waals surface area contributed by atoms with Gasteiger partial charge in [0.2, 0.25) is 11.9 Å². The minimum atomic E-state index is -0.840. The van der Waals surface area contributed by atoms with Crippen molar-refractivity contribution < 1.29 is 4.79 Å². The lowest BCUT2D eigenvalue weighted by Gasteiger charge is -2.30. The fourth-order valence-electron chi connectivity index (χ4n) is 2.49. The van der Waals surface area contributed by atoms with Crippen LogP contribution in [-0.2, 0) is 4.79 Å². The summed E-state index contributed by atoms with van der Waals surface area (Å²) in [6, 6.07) is 12.8. The van der Waals surface area contributed by atoms with Crippen LogP contribution in [0.2, 0.25) is 0 Å². The predicted octanol–water partition coefficient (Wildman–Crippen LogP) is 2.33. The number of amides is 1. The van der Waals surface area contributed by atoms with Crippen molar-refractivity contribution in [2.45, 2.75) is 19.9 Å². The molecule has 1 aromatic carbocycles. The molecule has 128 valence electrons. The number of nitrogens with zero attached hydrogens (tertiary/aromatic N) is 4. The van der Waals surface area contributed by atoms with Crippen LogP contribution in [0.1, 0.15) is 25.5 Å². The van der Waals surface area contributed by atoms with E-state index in [4.69, 9.17) is 5.73 Å². The number of pyridine rings is 1. The van der Waals surface area contributed by atoms with E-state index < -0.39 is 11.5 Å². The molecule has 0 saturated carbocycles. The molecule has 0 bridgehead atoms.